The zero-order chi connectivity index (χ0) is 5.11. The van der Waals surface area contributed by atoms with Gasteiger partial charge >= 0.3 is 0 Å². The third-order valence-electron chi connectivity index (χ3n) is 0.431. The Hall–Kier alpha value is -1.19. The van der Waals surface area contributed by atoms with E-state index < -0.39 is 5.91 Å². The number of carbonyl (C=O) groups excluding carboxylic acids is 1. The van der Waals surface area contributed by atoms with Crippen LogP contribution in [0, 0.1) is 0 Å². The van der Waals surface area contributed by atoms with E-state index in [0.29, 0.717) is 0 Å². The Balaban J connectivity index is 2.66. The smallest absolute Gasteiger partial charge is 0.266 e. The predicted octanol–water partition coefficient (Wildman–Crippen LogP) is -0.978. The van der Waals surface area contributed by atoms with Gasteiger partial charge in [0.2, 0.25) is 6.34 Å². The third-order valence-corrected chi connectivity index (χ3v) is 0.431. The molecule has 2 radical (unpaired) electrons. The van der Waals surface area contributed by atoms with Crippen LogP contribution in [0.25, 0.3) is 0 Å². The number of rotatable bonds is 0. The van der Waals surface area contributed by atoms with Crippen molar-refractivity contribution in [1.82, 2.24) is 5.32 Å². The fourth-order valence-corrected chi connectivity index (χ4v) is 0.205. The molecule has 34 valence electrons. The van der Waals surface area contributed by atoms with Crippen LogP contribution in [-0.4, -0.2) is 18.5 Å². The Bertz CT molecular complexity index is 137. The second kappa shape index (κ2) is 1.51. The molecule has 0 bridgehead atoms. The zero-order valence-electron chi connectivity index (χ0n) is 3.33. The lowest BCUT2D eigenvalue weighted by atomic mass is 10.7. The Kier molecular flexibility index (Phi) is 0.856. The van der Waals surface area contributed by atoms with Gasteiger partial charge in [0.15, 0.2) is 0 Å². The van der Waals surface area contributed by atoms with Gasteiger partial charge in [-0.2, -0.15) is 10.4 Å². The van der Waals surface area contributed by atoms with Gasteiger partial charge in [0.1, 0.15) is 6.21 Å². The van der Waals surface area contributed by atoms with E-state index in [-0.39, 0.29) is 0 Å². The maximum absolute atomic E-state index is 10.0. The van der Waals surface area contributed by atoms with Gasteiger partial charge in [-0.15, -0.1) is 5.10 Å². The molecule has 0 fully saturated rings. The molecule has 7 heavy (non-hydrogen) atoms. The molecule has 1 aliphatic heterocycles. The summed E-state index contributed by atoms with van der Waals surface area (Å²) in [6, 6.07) is 0. The molecule has 0 unspecified atom stereocenters. The van der Waals surface area contributed by atoms with Gasteiger partial charge in [0.05, 0.1) is 0 Å². The number of hydrogen-bond donors (Lipinski definition) is 0. The standard InChI is InChI=1S/C3HN3O/c7-3-1-5-6-2-4-3/h1H. The van der Waals surface area contributed by atoms with Gasteiger partial charge in [-0.1, -0.05) is 0 Å². The van der Waals surface area contributed by atoms with E-state index in [1.165, 1.54) is 0 Å². The van der Waals surface area contributed by atoms with Crippen molar-refractivity contribution in [2.75, 3.05) is 0 Å². The van der Waals surface area contributed by atoms with Crippen LogP contribution < -0.4 is 5.32 Å². The van der Waals surface area contributed by atoms with E-state index >= 15 is 0 Å². The van der Waals surface area contributed by atoms with Gasteiger partial charge in [-0.05, 0) is 0 Å². The second-order valence-electron chi connectivity index (χ2n) is 0.895. The fourth-order valence-electron chi connectivity index (χ4n) is 0.205. The van der Waals surface area contributed by atoms with Gasteiger partial charge in [0, 0.05) is 0 Å². The normalized spacial score (nSPS) is 16.9. The molecule has 1 aliphatic rings. The third kappa shape index (κ3) is 0.819. The number of hydrogen-bond acceptors (Lipinski definition) is 3. The molecule has 0 saturated heterocycles. The van der Waals surface area contributed by atoms with Crippen LogP contribution in [0.4, 0.5) is 0 Å². The molecule has 1 rings (SSSR count). The first kappa shape index (κ1) is 3.98. The molecule has 0 aromatic carbocycles. The lowest BCUT2D eigenvalue weighted by Crippen LogP contribution is -2.16. The van der Waals surface area contributed by atoms with Crippen LogP contribution in [0.2, 0.25) is 0 Å². The topological polar surface area (TPSA) is 55.9 Å². The van der Waals surface area contributed by atoms with Crippen molar-refractivity contribution >= 4 is 18.5 Å². The molecule has 0 aromatic heterocycles. The molecular formula is C3HN3O. The summed E-state index contributed by atoms with van der Waals surface area (Å²) in [6.45, 7) is 0. The van der Waals surface area contributed by atoms with Gasteiger partial charge in [-0.25, -0.2) is 0 Å². The lowest BCUT2D eigenvalue weighted by molar-refractivity contribution is -0.113. The summed E-state index contributed by atoms with van der Waals surface area (Å²) in [7, 11) is 0. The highest BCUT2D eigenvalue weighted by atomic mass is 16.1. The Labute approximate surface area is 39.9 Å². The highest BCUT2D eigenvalue weighted by Gasteiger charge is 1.97. The SMILES string of the molecule is O=C1C=NN=[C][N]1. The van der Waals surface area contributed by atoms with E-state index in [0.717, 1.165) is 6.21 Å². The van der Waals surface area contributed by atoms with E-state index in [1.807, 2.05) is 6.34 Å². The molecule has 0 saturated carbocycles. The zero-order valence-corrected chi connectivity index (χ0v) is 3.33. The largest absolute Gasteiger partial charge is 0.292 e. The number of amides is 1. The fraction of sp³-hybridized carbons (Fsp3) is 0. The van der Waals surface area contributed by atoms with Crippen LogP contribution in [0.1, 0.15) is 0 Å². The first-order chi connectivity index (χ1) is 3.39. The van der Waals surface area contributed by atoms with Crippen LogP contribution in [0.15, 0.2) is 10.2 Å². The van der Waals surface area contributed by atoms with Crippen molar-refractivity contribution in [1.29, 1.82) is 0 Å². The van der Waals surface area contributed by atoms with E-state index in [1.54, 1.807) is 0 Å². The predicted molar refractivity (Wildman–Crippen MR) is 23.1 cm³/mol. The maximum atomic E-state index is 10.0. The van der Waals surface area contributed by atoms with Crippen molar-refractivity contribution in [2.45, 2.75) is 0 Å². The van der Waals surface area contributed by atoms with Gasteiger partial charge < -0.3 is 0 Å². The summed E-state index contributed by atoms with van der Waals surface area (Å²) in [5, 5.41) is 9.49. The Morgan fingerprint density at radius 1 is 1.71 bits per heavy atom. The van der Waals surface area contributed by atoms with Crippen LogP contribution in [-0.2, 0) is 4.79 Å². The second-order valence-corrected chi connectivity index (χ2v) is 0.895. The molecule has 1 heterocycles. The van der Waals surface area contributed by atoms with Crippen molar-refractivity contribution in [3.8, 4) is 0 Å². The number of carbonyl (C=O) groups is 1. The minimum Gasteiger partial charge on any atom is -0.266 e. The molecule has 1 amide bonds. The molecule has 0 atom stereocenters. The molecule has 4 heteroatoms. The first-order valence-corrected chi connectivity index (χ1v) is 1.62. The summed E-state index contributed by atoms with van der Waals surface area (Å²) in [5.74, 6) is -0.407. The van der Waals surface area contributed by atoms with Crippen molar-refractivity contribution < 1.29 is 4.79 Å². The summed E-state index contributed by atoms with van der Waals surface area (Å²) < 4.78 is 0. The summed E-state index contributed by atoms with van der Waals surface area (Å²) in [5.41, 5.74) is 0. The van der Waals surface area contributed by atoms with E-state index in [9.17, 15) is 4.79 Å². The van der Waals surface area contributed by atoms with Crippen molar-refractivity contribution in [2.24, 2.45) is 10.2 Å². The highest BCUT2D eigenvalue weighted by Crippen LogP contribution is 1.72. The summed E-state index contributed by atoms with van der Waals surface area (Å²) >= 11 is 0. The summed E-state index contributed by atoms with van der Waals surface area (Å²) in [4.78, 5) is 10.0. The van der Waals surface area contributed by atoms with E-state index in [4.69, 9.17) is 0 Å². The van der Waals surface area contributed by atoms with Gasteiger partial charge in [0.25, 0.3) is 5.91 Å². The lowest BCUT2D eigenvalue weighted by Gasteiger charge is -1.86. The van der Waals surface area contributed by atoms with Crippen LogP contribution in [0.5, 0.6) is 0 Å². The average molecular weight is 95.1 g/mol. The monoisotopic (exact) mass is 95.0 g/mol. The van der Waals surface area contributed by atoms with Crippen LogP contribution >= 0.6 is 0 Å². The molecular weight excluding hydrogens is 94.1 g/mol. The van der Waals surface area contributed by atoms with Crippen molar-refractivity contribution in [3.05, 3.63) is 0 Å². The quantitative estimate of drug-likeness (QED) is 0.381. The Morgan fingerprint density at radius 3 is 2.86 bits per heavy atom. The molecule has 0 aromatic rings. The average Bonchev–Trinajstić information content (AvgIpc) is 1.69. The molecule has 0 aliphatic carbocycles. The highest BCUT2D eigenvalue weighted by molar-refractivity contribution is 6.29. The van der Waals surface area contributed by atoms with Crippen LogP contribution in [0.3, 0.4) is 0 Å². The number of nitrogens with zero attached hydrogens (tertiary/aromatic N) is 3. The van der Waals surface area contributed by atoms with Crippen molar-refractivity contribution in [3.63, 3.8) is 0 Å². The first-order valence-electron chi connectivity index (χ1n) is 1.62. The minimum atomic E-state index is -0.407. The maximum Gasteiger partial charge on any atom is 0.292 e. The van der Waals surface area contributed by atoms with E-state index in [2.05, 4.69) is 15.5 Å². The molecule has 0 spiro atoms. The molecule has 4 nitrogen and oxygen atoms in total. The molecule has 0 N–H and O–H groups in total. The Morgan fingerprint density at radius 2 is 2.57 bits per heavy atom. The minimum absolute atomic E-state index is 0.407. The summed E-state index contributed by atoms with van der Waals surface area (Å²) in [6.07, 6.45) is 3.06. The van der Waals surface area contributed by atoms with Gasteiger partial charge in [-0.3, -0.25) is 4.79 Å².